The first-order valence-electron chi connectivity index (χ1n) is 10.8. The molecule has 4 rings (SSSR count). The number of rotatable bonds is 9. The molecule has 0 saturated carbocycles. The lowest BCUT2D eigenvalue weighted by molar-refractivity contribution is -0.109. The van der Waals surface area contributed by atoms with Crippen LogP contribution < -0.4 is 10.2 Å². The average molecular weight is 458 g/mol. The van der Waals surface area contributed by atoms with Gasteiger partial charge in [0, 0.05) is 47.4 Å². The van der Waals surface area contributed by atoms with Crippen LogP contribution in [0.3, 0.4) is 0 Å². The molecule has 0 aliphatic heterocycles. The number of fused-ring (bicyclic) bond motifs is 1. The quantitative estimate of drug-likeness (QED) is 0.277. The lowest BCUT2D eigenvalue weighted by Crippen LogP contribution is -2.37. The number of hydrogen-bond donors (Lipinski definition) is 2. The van der Waals surface area contributed by atoms with Gasteiger partial charge in [0.15, 0.2) is 0 Å². The molecule has 33 heavy (non-hydrogen) atoms. The molecule has 0 aliphatic rings. The van der Waals surface area contributed by atoms with Crippen molar-refractivity contribution in [1.29, 1.82) is 0 Å². The van der Waals surface area contributed by atoms with Crippen molar-refractivity contribution in [3.63, 3.8) is 0 Å². The molecule has 1 atom stereocenters. The smallest absolute Gasteiger partial charge is 0.251 e. The number of anilines is 1. The standard InChI is InChI=1S/C27H27N3O2S/c1-30(2)25-15-21-11-12-28-24(21)16-26(25)33-18-23(17-31)29-27(32)22-10-6-9-20(14-22)13-19-7-4-3-5-8-19/h3-12,14-17,23,28H,13,18H2,1-2H3,(H,29,32)/t23-/m1/s1. The van der Waals surface area contributed by atoms with Gasteiger partial charge in [0.25, 0.3) is 5.91 Å². The molecule has 0 radical (unpaired) electrons. The Bertz CT molecular complexity index is 1250. The Kier molecular flexibility index (Phi) is 7.15. The van der Waals surface area contributed by atoms with Gasteiger partial charge in [-0.15, -0.1) is 11.8 Å². The van der Waals surface area contributed by atoms with E-state index in [2.05, 4.69) is 39.5 Å². The van der Waals surface area contributed by atoms with E-state index in [1.54, 1.807) is 17.8 Å². The fourth-order valence-corrected chi connectivity index (χ4v) is 4.85. The van der Waals surface area contributed by atoms with Crippen LogP contribution in [-0.2, 0) is 11.2 Å². The normalized spacial score (nSPS) is 11.8. The summed E-state index contributed by atoms with van der Waals surface area (Å²) in [6.07, 6.45) is 3.48. The van der Waals surface area contributed by atoms with Crippen molar-refractivity contribution >= 4 is 40.5 Å². The highest BCUT2D eigenvalue weighted by molar-refractivity contribution is 7.99. The molecule has 1 amide bonds. The van der Waals surface area contributed by atoms with Gasteiger partial charge < -0.3 is 20.0 Å². The number of nitrogens with zero attached hydrogens (tertiary/aromatic N) is 1. The molecule has 168 valence electrons. The fraction of sp³-hybridized carbons (Fsp3) is 0.185. The van der Waals surface area contributed by atoms with E-state index in [0.29, 0.717) is 11.3 Å². The van der Waals surface area contributed by atoms with Gasteiger partial charge in [-0.25, -0.2) is 0 Å². The largest absolute Gasteiger partial charge is 0.377 e. The molecule has 6 heteroatoms. The lowest BCUT2D eigenvalue weighted by Gasteiger charge is -2.19. The van der Waals surface area contributed by atoms with Crippen molar-refractivity contribution in [3.8, 4) is 0 Å². The summed E-state index contributed by atoms with van der Waals surface area (Å²) in [5, 5.41) is 4.01. The Morgan fingerprint density at radius 2 is 1.82 bits per heavy atom. The topological polar surface area (TPSA) is 65.2 Å². The van der Waals surface area contributed by atoms with Crippen LogP contribution >= 0.6 is 11.8 Å². The monoisotopic (exact) mass is 457 g/mol. The highest BCUT2D eigenvalue weighted by Gasteiger charge is 2.16. The summed E-state index contributed by atoms with van der Waals surface area (Å²) in [5.41, 5.74) is 4.93. The van der Waals surface area contributed by atoms with E-state index in [0.717, 1.165) is 39.8 Å². The van der Waals surface area contributed by atoms with Crippen LogP contribution in [0.1, 0.15) is 21.5 Å². The van der Waals surface area contributed by atoms with Crippen LogP contribution in [-0.4, -0.2) is 43.1 Å². The van der Waals surface area contributed by atoms with Gasteiger partial charge in [0.1, 0.15) is 6.29 Å². The van der Waals surface area contributed by atoms with Crippen molar-refractivity contribution in [2.45, 2.75) is 17.4 Å². The number of nitrogens with one attached hydrogen (secondary N) is 2. The molecular weight excluding hydrogens is 430 g/mol. The highest BCUT2D eigenvalue weighted by atomic mass is 32.2. The Hall–Kier alpha value is -3.51. The minimum absolute atomic E-state index is 0.240. The first kappa shape index (κ1) is 22.7. The predicted octanol–water partition coefficient (Wildman–Crippen LogP) is 4.91. The van der Waals surface area contributed by atoms with Crippen LogP contribution in [0.5, 0.6) is 0 Å². The lowest BCUT2D eigenvalue weighted by atomic mass is 10.0. The number of thioether (sulfide) groups is 1. The van der Waals surface area contributed by atoms with Crippen molar-refractivity contribution in [1.82, 2.24) is 10.3 Å². The number of aldehydes is 1. The van der Waals surface area contributed by atoms with Crippen LogP contribution in [0.4, 0.5) is 5.69 Å². The Morgan fingerprint density at radius 1 is 1.03 bits per heavy atom. The Labute approximate surface area is 198 Å². The van der Waals surface area contributed by atoms with Crippen molar-refractivity contribution in [2.75, 3.05) is 24.7 Å². The summed E-state index contributed by atoms with van der Waals surface area (Å²) < 4.78 is 0. The van der Waals surface area contributed by atoms with Gasteiger partial charge in [-0.2, -0.15) is 0 Å². The van der Waals surface area contributed by atoms with E-state index >= 15 is 0 Å². The fourth-order valence-electron chi connectivity index (χ4n) is 3.73. The number of benzene rings is 3. The molecular formula is C27H27N3O2S. The van der Waals surface area contributed by atoms with E-state index in [4.69, 9.17) is 0 Å². The molecule has 0 bridgehead atoms. The average Bonchev–Trinajstić information content (AvgIpc) is 3.29. The number of aromatic amines is 1. The molecule has 5 nitrogen and oxygen atoms in total. The van der Waals surface area contributed by atoms with Gasteiger partial charge in [-0.05, 0) is 47.9 Å². The van der Waals surface area contributed by atoms with Crippen molar-refractivity contribution < 1.29 is 9.59 Å². The Balaban J connectivity index is 1.43. The van der Waals surface area contributed by atoms with Crippen molar-refractivity contribution in [3.05, 3.63) is 95.7 Å². The van der Waals surface area contributed by atoms with Crippen LogP contribution in [0.25, 0.3) is 10.9 Å². The van der Waals surface area contributed by atoms with Crippen molar-refractivity contribution in [2.24, 2.45) is 0 Å². The third kappa shape index (κ3) is 5.65. The van der Waals surface area contributed by atoms with Gasteiger partial charge in [0.05, 0.1) is 11.7 Å². The molecule has 1 heterocycles. The third-order valence-electron chi connectivity index (χ3n) is 5.45. The maximum atomic E-state index is 12.9. The molecule has 0 spiro atoms. The number of carbonyl (C=O) groups excluding carboxylic acids is 2. The maximum Gasteiger partial charge on any atom is 0.251 e. The molecule has 2 N–H and O–H groups in total. The minimum atomic E-state index is -0.588. The van der Waals surface area contributed by atoms with E-state index in [1.807, 2.05) is 62.8 Å². The summed E-state index contributed by atoms with van der Waals surface area (Å²) >= 11 is 1.56. The molecule has 0 unspecified atom stereocenters. The minimum Gasteiger partial charge on any atom is -0.377 e. The summed E-state index contributed by atoms with van der Waals surface area (Å²) in [4.78, 5) is 30.9. The highest BCUT2D eigenvalue weighted by Crippen LogP contribution is 2.33. The second-order valence-corrected chi connectivity index (χ2v) is 9.23. The van der Waals surface area contributed by atoms with E-state index in [9.17, 15) is 9.59 Å². The number of carbonyl (C=O) groups is 2. The van der Waals surface area contributed by atoms with Gasteiger partial charge in [-0.3, -0.25) is 4.79 Å². The third-order valence-corrected chi connectivity index (χ3v) is 6.62. The first-order valence-corrected chi connectivity index (χ1v) is 11.8. The zero-order valence-corrected chi connectivity index (χ0v) is 19.6. The zero-order valence-electron chi connectivity index (χ0n) is 18.7. The predicted molar refractivity (Wildman–Crippen MR) is 136 cm³/mol. The number of amides is 1. The van der Waals surface area contributed by atoms with E-state index in [-0.39, 0.29) is 5.91 Å². The maximum absolute atomic E-state index is 12.9. The van der Waals surface area contributed by atoms with Crippen LogP contribution in [0, 0.1) is 0 Å². The molecule has 0 fully saturated rings. The number of aromatic nitrogens is 1. The number of H-pyrrole nitrogens is 1. The van der Waals surface area contributed by atoms with E-state index in [1.165, 1.54) is 5.56 Å². The summed E-state index contributed by atoms with van der Waals surface area (Å²) in [6.45, 7) is 0. The van der Waals surface area contributed by atoms with Gasteiger partial charge >= 0.3 is 0 Å². The number of hydrogen-bond acceptors (Lipinski definition) is 4. The molecule has 1 aromatic heterocycles. The van der Waals surface area contributed by atoms with Gasteiger partial charge in [-0.1, -0.05) is 42.5 Å². The second kappa shape index (κ2) is 10.4. The molecule has 0 aliphatic carbocycles. The summed E-state index contributed by atoms with van der Waals surface area (Å²) in [6, 6.07) is 23.4. The second-order valence-electron chi connectivity index (χ2n) is 8.17. The summed E-state index contributed by atoms with van der Waals surface area (Å²) in [7, 11) is 4.00. The van der Waals surface area contributed by atoms with Crippen LogP contribution in [0.15, 0.2) is 83.9 Å². The molecule has 4 aromatic rings. The SMILES string of the molecule is CN(C)c1cc2cc[nH]c2cc1SC[C@@H](C=O)NC(=O)c1cccc(Cc2ccccc2)c1. The van der Waals surface area contributed by atoms with E-state index < -0.39 is 6.04 Å². The van der Waals surface area contributed by atoms with Gasteiger partial charge in [0.2, 0.25) is 0 Å². The Morgan fingerprint density at radius 3 is 2.58 bits per heavy atom. The zero-order chi connectivity index (χ0) is 23.2. The first-order chi connectivity index (χ1) is 16.0. The molecule has 0 saturated heterocycles. The van der Waals surface area contributed by atoms with Crippen LogP contribution in [0.2, 0.25) is 0 Å². The molecule has 3 aromatic carbocycles. The summed E-state index contributed by atoms with van der Waals surface area (Å²) in [5.74, 6) is 0.210.